The molecule has 0 radical (unpaired) electrons. The van der Waals surface area contributed by atoms with Crippen LogP contribution < -0.4 is 15.4 Å². The van der Waals surface area contributed by atoms with Gasteiger partial charge in [0.15, 0.2) is 16.4 Å². The number of nitrogens with one attached hydrogen (secondary N) is 2. The number of amides is 1. The number of carbonyl (C=O) groups excluding carboxylic acids is 1. The Labute approximate surface area is 196 Å². The van der Waals surface area contributed by atoms with Crippen molar-refractivity contribution >= 4 is 38.1 Å². The van der Waals surface area contributed by atoms with Crippen molar-refractivity contribution in [1.82, 2.24) is 5.32 Å². The fourth-order valence-corrected chi connectivity index (χ4v) is 4.61. The highest BCUT2D eigenvalue weighted by molar-refractivity contribution is 7.90. The molecule has 180 valence electrons. The molecular formula is C23H25N3O7S. The predicted octanol–water partition coefficient (Wildman–Crippen LogP) is 3.23. The zero-order valence-electron chi connectivity index (χ0n) is 18.6. The summed E-state index contributed by atoms with van der Waals surface area (Å²) in [5.41, 5.74) is 1.86. The van der Waals surface area contributed by atoms with Crippen molar-refractivity contribution in [2.75, 3.05) is 31.3 Å². The summed E-state index contributed by atoms with van der Waals surface area (Å²) in [4.78, 5) is 22.6. The van der Waals surface area contributed by atoms with Crippen LogP contribution >= 0.6 is 0 Å². The maximum Gasteiger partial charge on any atom is 0.293 e. The topological polar surface area (TPSA) is 141 Å². The summed E-state index contributed by atoms with van der Waals surface area (Å²) in [5, 5.41) is 17.8. The fourth-order valence-electron chi connectivity index (χ4n) is 3.97. The Morgan fingerprint density at radius 1 is 1.15 bits per heavy atom. The molecule has 10 nitrogen and oxygen atoms in total. The Bertz CT molecular complexity index is 1350. The van der Waals surface area contributed by atoms with E-state index in [1.807, 2.05) is 12.1 Å². The summed E-state index contributed by atoms with van der Waals surface area (Å²) in [5.74, 6) is 1.28. The van der Waals surface area contributed by atoms with Crippen LogP contribution in [0.3, 0.4) is 0 Å². The SMILES string of the molecule is CS(=O)(=O)c1ccc(NCCNC(=O)COc2ccc3oc4c(c3c2)CCCC4)c([N+](=O)[O-])c1. The highest BCUT2D eigenvalue weighted by atomic mass is 32.2. The van der Waals surface area contributed by atoms with Gasteiger partial charge >= 0.3 is 0 Å². The van der Waals surface area contributed by atoms with Gasteiger partial charge in [0.05, 0.1) is 9.82 Å². The molecule has 0 aliphatic heterocycles. The summed E-state index contributed by atoms with van der Waals surface area (Å²) in [6.07, 6.45) is 5.17. The molecule has 0 unspecified atom stereocenters. The van der Waals surface area contributed by atoms with Crippen molar-refractivity contribution in [1.29, 1.82) is 0 Å². The number of nitro benzene ring substituents is 1. The molecule has 2 aromatic carbocycles. The van der Waals surface area contributed by atoms with Gasteiger partial charge in [-0.1, -0.05) is 0 Å². The third-order valence-electron chi connectivity index (χ3n) is 5.65. The van der Waals surface area contributed by atoms with E-state index in [0.29, 0.717) is 5.75 Å². The van der Waals surface area contributed by atoms with Gasteiger partial charge in [0.25, 0.3) is 11.6 Å². The first kappa shape index (κ1) is 23.6. The highest BCUT2D eigenvalue weighted by Crippen LogP contribution is 2.34. The molecule has 1 aliphatic carbocycles. The Morgan fingerprint density at radius 3 is 2.71 bits per heavy atom. The third kappa shape index (κ3) is 5.30. The zero-order valence-corrected chi connectivity index (χ0v) is 19.4. The number of sulfone groups is 1. The van der Waals surface area contributed by atoms with E-state index >= 15 is 0 Å². The molecule has 0 atom stereocenters. The second-order valence-electron chi connectivity index (χ2n) is 8.14. The lowest BCUT2D eigenvalue weighted by Crippen LogP contribution is -2.32. The number of nitrogens with zero attached hydrogens (tertiary/aromatic N) is 1. The van der Waals surface area contributed by atoms with E-state index in [4.69, 9.17) is 9.15 Å². The Morgan fingerprint density at radius 2 is 1.94 bits per heavy atom. The van der Waals surface area contributed by atoms with Crippen LogP contribution in [0.5, 0.6) is 5.75 Å². The molecule has 1 aliphatic rings. The average Bonchev–Trinajstić information content (AvgIpc) is 3.17. The minimum atomic E-state index is -3.56. The van der Waals surface area contributed by atoms with Crippen molar-refractivity contribution in [3.63, 3.8) is 0 Å². The molecule has 0 bridgehead atoms. The van der Waals surface area contributed by atoms with E-state index in [1.165, 1.54) is 17.7 Å². The van der Waals surface area contributed by atoms with Crippen molar-refractivity contribution in [2.24, 2.45) is 0 Å². The Balaban J connectivity index is 1.28. The number of aryl methyl sites for hydroxylation is 2. The van der Waals surface area contributed by atoms with Gasteiger partial charge < -0.3 is 19.8 Å². The van der Waals surface area contributed by atoms with E-state index in [9.17, 15) is 23.3 Å². The summed E-state index contributed by atoms with van der Waals surface area (Å²) in [6.45, 7) is 0.230. The van der Waals surface area contributed by atoms with Gasteiger partial charge in [0.1, 0.15) is 22.8 Å². The van der Waals surface area contributed by atoms with Crippen LogP contribution in [0.4, 0.5) is 11.4 Å². The van der Waals surface area contributed by atoms with Crippen molar-refractivity contribution < 1.29 is 27.3 Å². The molecule has 0 fully saturated rings. The zero-order chi connectivity index (χ0) is 24.3. The van der Waals surface area contributed by atoms with Crippen LogP contribution in [-0.4, -0.2) is 45.2 Å². The molecule has 4 rings (SSSR count). The number of benzene rings is 2. The molecule has 1 heterocycles. The Kier molecular flexibility index (Phi) is 6.73. The van der Waals surface area contributed by atoms with Gasteiger partial charge in [-0.25, -0.2) is 8.42 Å². The Hall–Kier alpha value is -3.60. The van der Waals surface area contributed by atoms with Gasteiger partial charge in [0.2, 0.25) is 0 Å². The number of carbonyl (C=O) groups is 1. The van der Waals surface area contributed by atoms with Crippen LogP contribution in [0, 0.1) is 10.1 Å². The van der Waals surface area contributed by atoms with Crippen LogP contribution in [0.1, 0.15) is 24.2 Å². The molecule has 0 saturated heterocycles. The molecule has 0 spiro atoms. The average molecular weight is 488 g/mol. The number of rotatable bonds is 9. The first-order chi connectivity index (χ1) is 16.2. The number of hydrogen-bond acceptors (Lipinski definition) is 8. The molecule has 3 aromatic rings. The van der Waals surface area contributed by atoms with Crippen LogP contribution in [-0.2, 0) is 27.5 Å². The van der Waals surface area contributed by atoms with E-state index in [-0.39, 0.29) is 41.9 Å². The number of anilines is 1. The van der Waals surface area contributed by atoms with Crippen LogP contribution in [0.15, 0.2) is 45.7 Å². The summed E-state index contributed by atoms with van der Waals surface area (Å²) < 4.78 is 34.8. The summed E-state index contributed by atoms with van der Waals surface area (Å²) in [6, 6.07) is 9.17. The normalized spacial score (nSPS) is 13.3. The molecule has 1 amide bonds. The molecular weight excluding hydrogens is 462 g/mol. The number of hydrogen-bond donors (Lipinski definition) is 2. The smallest absolute Gasteiger partial charge is 0.293 e. The van der Waals surface area contributed by atoms with E-state index in [2.05, 4.69) is 10.6 Å². The maximum absolute atomic E-state index is 12.1. The lowest BCUT2D eigenvalue weighted by Gasteiger charge is -2.10. The molecule has 1 aromatic heterocycles. The number of furan rings is 1. The molecule has 2 N–H and O–H groups in total. The molecule has 0 saturated carbocycles. The van der Waals surface area contributed by atoms with E-state index in [1.54, 1.807) is 6.07 Å². The standard InChI is InChI=1S/C23H25N3O7S/c1-34(30,31)16-7-8-19(20(13-16)26(28)29)24-10-11-25-23(27)14-32-15-6-9-22-18(12-15)17-4-2-3-5-21(17)33-22/h6-9,12-13,24H,2-5,10-11,14H2,1H3,(H,25,27). The maximum atomic E-state index is 12.1. The lowest BCUT2D eigenvalue weighted by atomic mass is 9.96. The van der Waals surface area contributed by atoms with Crippen molar-refractivity contribution in [2.45, 2.75) is 30.6 Å². The van der Waals surface area contributed by atoms with Crippen molar-refractivity contribution in [3.05, 3.63) is 57.8 Å². The minimum absolute atomic E-state index is 0.135. The van der Waals surface area contributed by atoms with Gasteiger partial charge in [-0.3, -0.25) is 14.9 Å². The second-order valence-corrected chi connectivity index (χ2v) is 10.2. The van der Waals surface area contributed by atoms with E-state index < -0.39 is 14.8 Å². The van der Waals surface area contributed by atoms with Crippen LogP contribution in [0.2, 0.25) is 0 Å². The predicted molar refractivity (Wildman–Crippen MR) is 126 cm³/mol. The minimum Gasteiger partial charge on any atom is -0.484 e. The van der Waals surface area contributed by atoms with E-state index in [0.717, 1.165) is 54.7 Å². The molecule has 11 heteroatoms. The number of ether oxygens (including phenoxy) is 1. The largest absolute Gasteiger partial charge is 0.484 e. The van der Waals surface area contributed by atoms with Gasteiger partial charge in [-0.15, -0.1) is 0 Å². The summed E-state index contributed by atoms with van der Waals surface area (Å²) in [7, 11) is -3.56. The van der Waals surface area contributed by atoms with Crippen LogP contribution in [0.25, 0.3) is 11.0 Å². The van der Waals surface area contributed by atoms with Crippen molar-refractivity contribution in [3.8, 4) is 5.75 Å². The lowest BCUT2D eigenvalue weighted by molar-refractivity contribution is -0.384. The number of fused-ring (bicyclic) bond motifs is 3. The third-order valence-corrected chi connectivity index (χ3v) is 6.76. The molecule has 34 heavy (non-hydrogen) atoms. The fraction of sp³-hybridized carbons (Fsp3) is 0.348. The van der Waals surface area contributed by atoms with Gasteiger partial charge in [0, 0.05) is 42.8 Å². The first-order valence-electron chi connectivity index (χ1n) is 10.9. The summed E-state index contributed by atoms with van der Waals surface area (Å²) >= 11 is 0. The van der Waals surface area contributed by atoms with Gasteiger partial charge in [-0.05, 0) is 49.6 Å². The quantitative estimate of drug-likeness (QED) is 0.266. The highest BCUT2D eigenvalue weighted by Gasteiger charge is 2.19. The first-order valence-corrected chi connectivity index (χ1v) is 12.8. The van der Waals surface area contributed by atoms with Gasteiger partial charge in [-0.2, -0.15) is 0 Å². The second kappa shape index (κ2) is 9.72. The number of nitro groups is 1. The monoisotopic (exact) mass is 487 g/mol.